The van der Waals surface area contributed by atoms with E-state index in [1.807, 2.05) is 30.3 Å². The van der Waals surface area contributed by atoms with Crippen molar-refractivity contribution >= 4 is 28.8 Å². The first-order valence-electron chi connectivity index (χ1n) is 4.41. The van der Waals surface area contributed by atoms with Crippen LogP contribution in [0.3, 0.4) is 0 Å². The van der Waals surface area contributed by atoms with Gasteiger partial charge in [0.05, 0.1) is 5.69 Å². The molecule has 0 radical (unpaired) electrons. The summed E-state index contributed by atoms with van der Waals surface area (Å²) in [5.74, 6) is 0. The highest BCUT2D eigenvalue weighted by molar-refractivity contribution is 6.01. The van der Waals surface area contributed by atoms with Crippen LogP contribution in [0, 0.1) is 0 Å². The van der Waals surface area contributed by atoms with E-state index in [9.17, 15) is 9.59 Å². The number of benzene rings is 2. The molecule has 0 fully saturated rings. The minimum absolute atomic E-state index is 0.387. The lowest BCUT2D eigenvalue weighted by Crippen LogP contribution is -1.83. The maximum atomic E-state index is 10.8. The molecule has 3 nitrogen and oxygen atoms in total. The van der Waals surface area contributed by atoms with E-state index in [2.05, 4.69) is 4.99 Å². The zero-order valence-electron chi connectivity index (χ0n) is 7.81. The van der Waals surface area contributed by atoms with Gasteiger partial charge in [-0.05, 0) is 11.5 Å². The fourth-order valence-corrected chi connectivity index (χ4v) is 1.54. The summed E-state index contributed by atoms with van der Waals surface area (Å²) >= 11 is 0. The summed E-state index contributed by atoms with van der Waals surface area (Å²) < 4.78 is 0. The Morgan fingerprint density at radius 1 is 1.13 bits per heavy atom. The van der Waals surface area contributed by atoms with Gasteiger partial charge >= 0.3 is 0 Å². The zero-order chi connectivity index (χ0) is 10.7. The number of carbonyl (C=O) groups excluding carboxylic acids is 2. The van der Waals surface area contributed by atoms with Gasteiger partial charge in [0.1, 0.15) is 0 Å². The maximum absolute atomic E-state index is 10.8. The first-order valence-corrected chi connectivity index (χ1v) is 4.41. The Morgan fingerprint density at radius 2 is 1.93 bits per heavy atom. The quantitative estimate of drug-likeness (QED) is 0.422. The molecular formula is C12H7NO2. The van der Waals surface area contributed by atoms with Crippen molar-refractivity contribution in [1.29, 1.82) is 0 Å². The average molecular weight is 197 g/mol. The number of hydrogen-bond donors (Lipinski definition) is 0. The molecule has 0 saturated carbocycles. The highest BCUT2D eigenvalue weighted by atomic mass is 16.1. The molecule has 2 aromatic carbocycles. The van der Waals surface area contributed by atoms with E-state index in [0.717, 1.165) is 10.8 Å². The van der Waals surface area contributed by atoms with Crippen molar-refractivity contribution in [3.63, 3.8) is 0 Å². The molecule has 0 aliphatic carbocycles. The fourth-order valence-electron chi connectivity index (χ4n) is 1.54. The van der Waals surface area contributed by atoms with E-state index in [4.69, 9.17) is 0 Å². The van der Waals surface area contributed by atoms with Crippen molar-refractivity contribution in [2.45, 2.75) is 0 Å². The standard InChI is InChI=1S/C12H7NO2/c14-7-10-6-5-9-3-1-2-4-11(9)12(10)13-8-15/h1-7H. The zero-order valence-corrected chi connectivity index (χ0v) is 7.81. The Bertz CT molecular complexity index is 569. The van der Waals surface area contributed by atoms with E-state index >= 15 is 0 Å². The first-order chi connectivity index (χ1) is 7.36. The van der Waals surface area contributed by atoms with Gasteiger partial charge in [0.25, 0.3) is 0 Å². The molecule has 0 aliphatic heterocycles. The topological polar surface area (TPSA) is 46.5 Å². The lowest BCUT2D eigenvalue weighted by molar-refractivity contribution is 0.112. The minimum atomic E-state index is 0.387. The molecule has 0 spiro atoms. The first kappa shape index (κ1) is 9.31. The third kappa shape index (κ3) is 1.56. The maximum Gasteiger partial charge on any atom is 0.240 e. The third-order valence-electron chi connectivity index (χ3n) is 2.22. The van der Waals surface area contributed by atoms with Gasteiger partial charge in [-0.3, -0.25) is 4.79 Å². The molecule has 0 aliphatic rings. The second-order valence-corrected chi connectivity index (χ2v) is 3.05. The van der Waals surface area contributed by atoms with Crippen molar-refractivity contribution in [3.05, 3.63) is 42.0 Å². The molecule has 72 valence electrons. The number of aliphatic imine (C=N–C) groups is 1. The van der Waals surface area contributed by atoms with Crippen LogP contribution in [0.1, 0.15) is 10.4 Å². The van der Waals surface area contributed by atoms with Gasteiger partial charge in [-0.15, -0.1) is 0 Å². The molecule has 0 saturated heterocycles. The van der Waals surface area contributed by atoms with Gasteiger partial charge in [0.2, 0.25) is 6.08 Å². The lowest BCUT2D eigenvalue weighted by atomic mass is 10.1. The molecule has 3 heteroatoms. The van der Waals surface area contributed by atoms with E-state index < -0.39 is 0 Å². The molecule has 0 atom stereocenters. The summed E-state index contributed by atoms with van der Waals surface area (Å²) in [5, 5.41) is 1.72. The van der Waals surface area contributed by atoms with Gasteiger partial charge in [-0.25, -0.2) is 4.79 Å². The largest absolute Gasteiger partial charge is 0.298 e. The van der Waals surface area contributed by atoms with Crippen molar-refractivity contribution < 1.29 is 9.59 Å². The van der Waals surface area contributed by atoms with Crippen molar-refractivity contribution in [2.75, 3.05) is 0 Å². The molecular weight excluding hydrogens is 190 g/mol. The predicted octanol–water partition coefficient (Wildman–Crippen LogP) is 2.62. The summed E-state index contributed by atoms with van der Waals surface area (Å²) in [6.07, 6.45) is 2.15. The number of fused-ring (bicyclic) bond motifs is 1. The predicted molar refractivity (Wildman–Crippen MR) is 57.1 cm³/mol. The summed E-state index contributed by atoms with van der Waals surface area (Å²) in [4.78, 5) is 24.6. The van der Waals surface area contributed by atoms with Crippen LogP contribution >= 0.6 is 0 Å². The van der Waals surface area contributed by atoms with E-state index in [1.165, 1.54) is 6.08 Å². The van der Waals surface area contributed by atoms with E-state index in [-0.39, 0.29) is 0 Å². The molecule has 0 heterocycles. The number of nitrogens with zero attached hydrogens (tertiary/aromatic N) is 1. The van der Waals surface area contributed by atoms with Crippen LogP contribution in [-0.4, -0.2) is 12.4 Å². The van der Waals surface area contributed by atoms with Crippen molar-refractivity contribution in [1.82, 2.24) is 0 Å². The Hall–Kier alpha value is -2.25. The Balaban J connectivity index is 2.90. The van der Waals surface area contributed by atoms with Crippen LogP contribution in [0.4, 0.5) is 5.69 Å². The van der Waals surface area contributed by atoms with E-state index in [0.29, 0.717) is 17.5 Å². The number of rotatable bonds is 2. The normalized spacial score (nSPS) is 9.60. The summed E-state index contributed by atoms with van der Waals surface area (Å²) in [6.45, 7) is 0. The molecule has 0 N–H and O–H groups in total. The van der Waals surface area contributed by atoms with Crippen LogP contribution in [0.5, 0.6) is 0 Å². The van der Waals surface area contributed by atoms with Gasteiger partial charge in [-0.1, -0.05) is 30.3 Å². The van der Waals surface area contributed by atoms with Crippen molar-refractivity contribution in [3.8, 4) is 0 Å². The minimum Gasteiger partial charge on any atom is -0.298 e. The van der Waals surface area contributed by atoms with Crippen molar-refractivity contribution in [2.24, 2.45) is 4.99 Å². The second-order valence-electron chi connectivity index (χ2n) is 3.05. The molecule has 2 aromatic rings. The Kier molecular flexibility index (Phi) is 2.40. The SMILES string of the molecule is O=C=Nc1c(C=O)ccc2ccccc12. The number of carbonyl (C=O) groups is 1. The lowest BCUT2D eigenvalue weighted by Gasteiger charge is -2.02. The smallest absolute Gasteiger partial charge is 0.240 e. The monoisotopic (exact) mass is 197 g/mol. The van der Waals surface area contributed by atoms with E-state index in [1.54, 1.807) is 6.07 Å². The molecule has 0 bridgehead atoms. The molecule has 0 aromatic heterocycles. The Morgan fingerprint density at radius 3 is 2.67 bits per heavy atom. The van der Waals surface area contributed by atoms with Crippen LogP contribution < -0.4 is 0 Å². The van der Waals surface area contributed by atoms with Gasteiger partial charge in [0, 0.05) is 10.9 Å². The fraction of sp³-hybridized carbons (Fsp3) is 0. The van der Waals surface area contributed by atoms with Gasteiger partial charge in [-0.2, -0.15) is 4.99 Å². The number of hydrogen-bond acceptors (Lipinski definition) is 3. The molecule has 2 rings (SSSR count). The second kappa shape index (κ2) is 3.86. The van der Waals surface area contributed by atoms with Crippen LogP contribution in [0.15, 0.2) is 41.4 Å². The highest BCUT2D eigenvalue weighted by Crippen LogP contribution is 2.28. The molecule has 15 heavy (non-hydrogen) atoms. The van der Waals surface area contributed by atoms with Gasteiger partial charge in [0.15, 0.2) is 6.29 Å². The van der Waals surface area contributed by atoms with Crippen LogP contribution in [0.2, 0.25) is 0 Å². The summed E-state index contributed by atoms with van der Waals surface area (Å²) in [5.41, 5.74) is 0.787. The third-order valence-corrected chi connectivity index (χ3v) is 2.22. The molecule has 0 amide bonds. The Labute approximate surface area is 86.1 Å². The van der Waals surface area contributed by atoms with Crippen LogP contribution in [-0.2, 0) is 4.79 Å². The summed E-state index contributed by atoms with van der Waals surface area (Å²) in [6, 6.07) is 10.9. The summed E-state index contributed by atoms with van der Waals surface area (Å²) in [7, 11) is 0. The van der Waals surface area contributed by atoms with Crippen LogP contribution in [0.25, 0.3) is 10.8 Å². The number of aldehydes is 1. The molecule has 0 unspecified atom stereocenters. The average Bonchev–Trinajstić information content (AvgIpc) is 2.30. The number of isocyanates is 1. The van der Waals surface area contributed by atoms with Gasteiger partial charge < -0.3 is 0 Å². The highest BCUT2D eigenvalue weighted by Gasteiger charge is 2.05.